The summed E-state index contributed by atoms with van der Waals surface area (Å²) < 4.78 is 27.7. The van der Waals surface area contributed by atoms with E-state index in [1.165, 1.54) is 18.3 Å². The van der Waals surface area contributed by atoms with Crippen LogP contribution in [0.15, 0.2) is 53.6 Å². The molecule has 2 N–H and O–H groups in total. The Hall–Kier alpha value is -2.31. The number of benzene rings is 2. The highest BCUT2D eigenvalue weighted by Crippen LogP contribution is 2.33. The molecule has 0 bridgehead atoms. The number of aromatic nitrogens is 1. The van der Waals surface area contributed by atoms with Crippen LogP contribution in [0.25, 0.3) is 10.9 Å². The first kappa shape index (κ1) is 15.6. The van der Waals surface area contributed by atoms with E-state index < -0.39 is 10.0 Å². The smallest absolute Gasteiger partial charge is 0.264 e. The molecule has 2 aromatic carbocycles. The third-order valence-electron chi connectivity index (χ3n) is 3.39. The van der Waals surface area contributed by atoms with Crippen molar-refractivity contribution in [2.24, 2.45) is 0 Å². The maximum atomic E-state index is 12.7. The Bertz CT molecular complexity index is 998. The summed E-state index contributed by atoms with van der Waals surface area (Å²) in [6.45, 7) is 1.64. The second kappa shape index (κ2) is 5.72. The lowest BCUT2D eigenvalue weighted by atomic mass is 10.2. The molecule has 0 saturated carbocycles. The molecule has 3 rings (SSSR count). The van der Waals surface area contributed by atoms with Crippen molar-refractivity contribution in [3.8, 4) is 5.75 Å². The molecule has 0 fully saturated rings. The van der Waals surface area contributed by atoms with Gasteiger partial charge in [0.15, 0.2) is 0 Å². The van der Waals surface area contributed by atoms with E-state index in [-0.39, 0.29) is 16.3 Å². The van der Waals surface area contributed by atoms with Crippen LogP contribution in [0.2, 0.25) is 5.02 Å². The van der Waals surface area contributed by atoms with Crippen LogP contribution in [0.4, 0.5) is 5.69 Å². The standard InChI is InChI=1S/C16H13ClN2O3S/c1-10-8-12(17)9-13(16(10)20)19-23(21,22)14-6-2-4-11-5-3-7-18-15(11)14/h2-9,19-20H,1H3. The van der Waals surface area contributed by atoms with Gasteiger partial charge in [-0.3, -0.25) is 9.71 Å². The molecule has 0 saturated heterocycles. The predicted octanol–water partition coefficient (Wildman–Crippen LogP) is 3.70. The fraction of sp³-hybridized carbons (Fsp3) is 0.0625. The first-order valence-corrected chi connectivity index (χ1v) is 8.60. The van der Waals surface area contributed by atoms with Crippen LogP contribution in [0.1, 0.15) is 5.56 Å². The van der Waals surface area contributed by atoms with Crippen molar-refractivity contribution in [2.45, 2.75) is 11.8 Å². The number of rotatable bonds is 3. The lowest BCUT2D eigenvalue weighted by Crippen LogP contribution is -2.14. The number of pyridine rings is 1. The van der Waals surface area contributed by atoms with Gasteiger partial charge < -0.3 is 5.11 Å². The number of anilines is 1. The first-order valence-electron chi connectivity index (χ1n) is 6.74. The van der Waals surface area contributed by atoms with Crippen LogP contribution in [-0.2, 0) is 10.0 Å². The number of phenolic OH excluding ortho intramolecular Hbond substituents is 1. The van der Waals surface area contributed by atoms with Crippen molar-refractivity contribution < 1.29 is 13.5 Å². The minimum atomic E-state index is -3.93. The van der Waals surface area contributed by atoms with Gasteiger partial charge in [-0.05, 0) is 36.8 Å². The fourth-order valence-corrected chi connectivity index (χ4v) is 3.82. The fourth-order valence-electron chi connectivity index (χ4n) is 2.31. The van der Waals surface area contributed by atoms with Crippen molar-refractivity contribution >= 4 is 38.2 Å². The second-order valence-electron chi connectivity index (χ2n) is 5.06. The Morgan fingerprint density at radius 2 is 1.91 bits per heavy atom. The summed E-state index contributed by atoms with van der Waals surface area (Å²) in [5.74, 6) is -0.161. The zero-order chi connectivity index (χ0) is 16.6. The van der Waals surface area contributed by atoms with Crippen molar-refractivity contribution in [1.29, 1.82) is 0 Å². The number of hydrogen-bond donors (Lipinski definition) is 2. The van der Waals surface area contributed by atoms with Crippen molar-refractivity contribution in [3.05, 3.63) is 59.2 Å². The highest BCUT2D eigenvalue weighted by Gasteiger charge is 2.20. The summed E-state index contributed by atoms with van der Waals surface area (Å²) in [5.41, 5.74) is 0.870. The average Bonchev–Trinajstić information content (AvgIpc) is 2.51. The molecule has 0 aliphatic heterocycles. The van der Waals surface area contributed by atoms with Gasteiger partial charge in [0, 0.05) is 16.6 Å². The molecule has 3 aromatic rings. The molecule has 0 spiro atoms. The molecular formula is C16H13ClN2O3S. The Morgan fingerprint density at radius 1 is 1.17 bits per heavy atom. The molecule has 0 radical (unpaired) electrons. The summed E-state index contributed by atoms with van der Waals surface area (Å²) >= 11 is 5.93. The summed E-state index contributed by atoms with van der Waals surface area (Å²) in [6.07, 6.45) is 1.53. The van der Waals surface area contributed by atoms with Gasteiger partial charge in [-0.15, -0.1) is 0 Å². The number of fused-ring (bicyclic) bond motifs is 1. The van der Waals surface area contributed by atoms with Crippen LogP contribution < -0.4 is 4.72 Å². The lowest BCUT2D eigenvalue weighted by molar-refractivity contribution is 0.473. The molecule has 0 amide bonds. The first-order chi connectivity index (χ1) is 10.9. The van der Waals surface area contributed by atoms with Crippen molar-refractivity contribution in [3.63, 3.8) is 0 Å². The molecule has 23 heavy (non-hydrogen) atoms. The van der Waals surface area contributed by atoms with E-state index in [1.54, 1.807) is 37.3 Å². The molecule has 0 atom stereocenters. The van der Waals surface area contributed by atoms with Gasteiger partial charge in [0.05, 0.1) is 11.2 Å². The normalized spacial score (nSPS) is 11.6. The Kier molecular flexibility index (Phi) is 3.87. The quantitative estimate of drug-likeness (QED) is 0.707. The summed E-state index contributed by atoms with van der Waals surface area (Å²) in [6, 6.07) is 11.3. The number of aryl methyl sites for hydroxylation is 1. The minimum Gasteiger partial charge on any atom is -0.505 e. The number of sulfonamides is 1. The number of phenols is 1. The van der Waals surface area contributed by atoms with Crippen LogP contribution in [0.5, 0.6) is 5.75 Å². The molecule has 118 valence electrons. The zero-order valence-corrected chi connectivity index (χ0v) is 13.7. The average molecular weight is 349 g/mol. The maximum Gasteiger partial charge on any atom is 0.264 e. The third-order valence-corrected chi connectivity index (χ3v) is 5.01. The molecule has 7 heteroatoms. The van der Waals surface area contributed by atoms with E-state index in [2.05, 4.69) is 9.71 Å². The van der Waals surface area contributed by atoms with E-state index in [0.717, 1.165) is 0 Å². The Morgan fingerprint density at radius 3 is 2.70 bits per heavy atom. The number of para-hydroxylation sites is 1. The van der Waals surface area contributed by atoms with Crippen LogP contribution >= 0.6 is 11.6 Å². The zero-order valence-electron chi connectivity index (χ0n) is 12.1. The SMILES string of the molecule is Cc1cc(Cl)cc(NS(=O)(=O)c2cccc3cccnc23)c1O. The van der Waals surface area contributed by atoms with Gasteiger partial charge in [-0.1, -0.05) is 29.8 Å². The van der Waals surface area contributed by atoms with E-state index in [4.69, 9.17) is 11.6 Å². The highest BCUT2D eigenvalue weighted by molar-refractivity contribution is 7.93. The summed E-state index contributed by atoms with van der Waals surface area (Å²) in [7, 11) is -3.93. The monoisotopic (exact) mass is 348 g/mol. The van der Waals surface area contributed by atoms with E-state index in [0.29, 0.717) is 21.5 Å². The van der Waals surface area contributed by atoms with Gasteiger partial charge in [-0.25, -0.2) is 8.42 Å². The van der Waals surface area contributed by atoms with Gasteiger partial charge in [0.1, 0.15) is 10.6 Å². The van der Waals surface area contributed by atoms with Gasteiger partial charge in [0.2, 0.25) is 0 Å². The third kappa shape index (κ3) is 2.95. The summed E-state index contributed by atoms with van der Waals surface area (Å²) in [4.78, 5) is 4.17. The predicted molar refractivity (Wildman–Crippen MR) is 90.4 cm³/mol. The Balaban J connectivity index is 2.12. The Labute approximate surface area is 138 Å². The lowest BCUT2D eigenvalue weighted by Gasteiger charge is -2.12. The molecule has 0 unspecified atom stereocenters. The number of aromatic hydroxyl groups is 1. The van der Waals surface area contributed by atoms with E-state index in [1.807, 2.05) is 0 Å². The minimum absolute atomic E-state index is 0.0305. The molecule has 0 aliphatic carbocycles. The highest BCUT2D eigenvalue weighted by atomic mass is 35.5. The number of nitrogens with one attached hydrogen (secondary N) is 1. The van der Waals surface area contributed by atoms with Crippen LogP contribution in [-0.4, -0.2) is 18.5 Å². The molecule has 5 nitrogen and oxygen atoms in total. The molecular weight excluding hydrogens is 336 g/mol. The van der Waals surface area contributed by atoms with Gasteiger partial charge in [-0.2, -0.15) is 0 Å². The van der Waals surface area contributed by atoms with Crippen LogP contribution in [0, 0.1) is 6.92 Å². The topological polar surface area (TPSA) is 79.3 Å². The van der Waals surface area contributed by atoms with Gasteiger partial charge >= 0.3 is 0 Å². The number of hydrogen-bond acceptors (Lipinski definition) is 4. The van der Waals surface area contributed by atoms with Crippen molar-refractivity contribution in [2.75, 3.05) is 4.72 Å². The largest absolute Gasteiger partial charge is 0.505 e. The van der Waals surface area contributed by atoms with E-state index >= 15 is 0 Å². The van der Waals surface area contributed by atoms with Gasteiger partial charge in [0.25, 0.3) is 10.0 Å². The second-order valence-corrected chi connectivity index (χ2v) is 7.14. The van der Waals surface area contributed by atoms with Crippen LogP contribution in [0.3, 0.4) is 0 Å². The summed E-state index contributed by atoms with van der Waals surface area (Å²) in [5, 5.41) is 11.1. The van der Waals surface area contributed by atoms with Crippen molar-refractivity contribution in [1.82, 2.24) is 4.98 Å². The number of nitrogens with zero attached hydrogens (tertiary/aromatic N) is 1. The molecule has 1 aromatic heterocycles. The van der Waals surface area contributed by atoms with E-state index in [9.17, 15) is 13.5 Å². The molecule has 0 aliphatic rings. The molecule has 1 heterocycles. The maximum absolute atomic E-state index is 12.7. The number of halogens is 1.